The minimum absolute atomic E-state index is 0.247. The lowest BCUT2D eigenvalue weighted by atomic mass is 9.93. The third-order valence-corrected chi connectivity index (χ3v) is 5.96. The summed E-state index contributed by atoms with van der Waals surface area (Å²) in [6.45, 7) is 0.684. The van der Waals surface area contributed by atoms with Gasteiger partial charge in [0.05, 0.1) is 11.9 Å². The normalized spacial score (nSPS) is 23.8. The molecule has 0 amide bonds. The molecule has 1 fully saturated rings. The zero-order valence-electron chi connectivity index (χ0n) is 11.1. The Bertz CT molecular complexity index is 559. The van der Waals surface area contributed by atoms with Crippen LogP contribution in [-0.2, 0) is 21.2 Å². The minimum atomic E-state index is -3.41. The lowest BCUT2D eigenvalue weighted by Gasteiger charge is -2.31. The van der Waals surface area contributed by atoms with Gasteiger partial charge in [0, 0.05) is 23.1 Å². The summed E-state index contributed by atoms with van der Waals surface area (Å²) in [5, 5.41) is -0.270. The average molecular weight is 322 g/mol. The smallest absolute Gasteiger partial charge is 0.214 e. The molecule has 1 N–H and O–H groups in total. The van der Waals surface area contributed by atoms with E-state index in [1.165, 1.54) is 19.2 Å². The predicted octanol–water partition coefficient (Wildman–Crippen LogP) is 1.98. The van der Waals surface area contributed by atoms with E-state index >= 15 is 0 Å². The summed E-state index contributed by atoms with van der Waals surface area (Å²) in [5.74, 6) is -0.723. The van der Waals surface area contributed by atoms with Crippen LogP contribution < -0.4 is 4.72 Å². The molecule has 0 bridgehead atoms. The first-order valence-corrected chi connectivity index (χ1v) is 8.31. The highest BCUT2D eigenvalue weighted by atomic mass is 35.5. The molecule has 0 aliphatic carbocycles. The number of nitrogens with one attached hydrogen (secondary N) is 1. The Morgan fingerprint density at radius 2 is 2.25 bits per heavy atom. The van der Waals surface area contributed by atoms with E-state index in [0.29, 0.717) is 23.6 Å². The highest BCUT2D eigenvalue weighted by Gasteiger charge is 2.36. The Balaban J connectivity index is 2.26. The van der Waals surface area contributed by atoms with Gasteiger partial charge in [-0.2, -0.15) is 0 Å². The second-order valence-corrected chi connectivity index (χ2v) is 7.33. The van der Waals surface area contributed by atoms with E-state index in [4.69, 9.17) is 16.3 Å². The zero-order valence-corrected chi connectivity index (χ0v) is 12.7. The van der Waals surface area contributed by atoms with Crippen molar-refractivity contribution < 1.29 is 17.5 Å². The van der Waals surface area contributed by atoms with Gasteiger partial charge in [-0.1, -0.05) is 17.7 Å². The molecule has 2 rings (SSSR count). The summed E-state index contributed by atoms with van der Waals surface area (Å²) in [6, 6.07) is 4.46. The average Bonchev–Trinajstić information content (AvgIpc) is 2.43. The highest BCUT2D eigenvalue weighted by molar-refractivity contribution is 7.90. The molecule has 0 spiro atoms. The fourth-order valence-electron chi connectivity index (χ4n) is 2.52. The van der Waals surface area contributed by atoms with Gasteiger partial charge in [0.2, 0.25) is 10.0 Å². The largest absolute Gasteiger partial charge is 0.381 e. The van der Waals surface area contributed by atoms with E-state index in [2.05, 4.69) is 4.72 Å². The van der Waals surface area contributed by atoms with Crippen molar-refractivity contribution in [2.24, 2.45) is 5.92 Å². The monoisotopic (exact) mass is 321 g/mol. The minimum Gasteiger partial charge on any atom is -0.381 e. The molecular weight excluding hydrogens is 305 g/mol. The molecular formula is C13H17ClFNO3S. The molecule has 0 unspecified atom stereocenters. The lowest BCUT2D eigenvalue weighted by molar-refractivity contribution is 0.0568. The van der Waals surface area contributed by atoms with Crippen molar-refractivity contribution >= 4 is 21.6 Å². The van der Waals surface area contributed by atoms with Crippen LogP contribution in [0.4, 0.5) is 4.39 Å². The quantitative estimate of drug-likeness (QED) is 0.922. The third kappa shape index (κ3) is 3.31. The van der Waals surface area contributed by atoms with E-state index in [1.807, 2.05) is 0 Å². The van der Waals surface area contributed by atoms with E-state index in [1.54, 1.807) is 6.07 Å². The maximum Gasteiger partial charge on any atom is 0.214 e. The van der Waals surface area contributed by atoms with Crippen LogP contribution in [0.15, 0.2) is 18.2 Å². The van der Waals surface area contributed by atoms with Crippen LogP contribution in [0.1, 0.15) is 12.0 Å². The van der Waals surface area contributed by atoms with Crippen LogP contribution in [0.3, 0.4) is 0 Å². The third-order valence-electron chi connectivity index (χ3n) is 3.62. The van der Waals surface area contributed by atoms with Crippen LogP contribution in [-0.4, -0.2) is 33.9 Å². The molecule has 1 aromatic rings. The summed E-state index contributed by atoms with van der Waals surface area (Å²) >= 11 is 6.00. The number of sulfonamides is 1. The number of ether oxygens (including phenoxy) is 1. The SMILES string of the molecule is CNS(=O)(=O)[C@H]1CCOC[C@H]1Cc1c(F)cccc1Cl. The van der Waals surface area contributed by atoms with Crippen molar-refractivity contribution in [2.75, 3.05) is 20.3 Å². The van der Waals surface area contributed by atoms with Crippen molar-refractivity contribution in [3.8, 4) is 0 Å². The molecule has 1 aromatic carbocycles. The molecule has 1 aliphatic rings. The van der Waals surface area contributed by atoms with Gasteiger partial charge in [0.15, 0.2) is 0 Å². The number of halogens is 2. The first-order chi connectivity index (χ1) is 9.45. The van der Waals surface area contributed by atoms with Crippen molar-refractivity contribution in [3.05, 3.63) is 34.6 Å². The van der Waals surface area contributed by atoms with Crippen molar-refractivity contribution in [1.29, 1.82) is 0 Å². The van der Waals surface area contributed by atoms with Gasteiger partial charge in [-0.25, -0.2) is 17.5 Å². The maximum absolute atomic E-state index is 13.8. The maximum atomic E-state index is 13.8. The Labute approximate surface area is 123 Å². The molecule has 4 nitrogen and oxygen atoms in total. The number of benzene rings is 1. The van der Waals surface area contributed by atoms with Crippen LogP contribution in [0.2, 0.25) is 5.02 Å². The fourth-order valence-corrected chi connectivity index (χ4v) is 4.15. The van der Waals surface area contributed by atoms with Gasteiger partial charge in [0.25, 0.3) is 0 Å². The molecule has 1 saturated heterocycles. The van der Waals surface area contributed by atoms with E-state index in [9.17, 15) is 12.8 Å². The zero-order chi connectivity index (χ0) is 14.8. The first kappa shape index (κ1) is 15.7. The Morgan fingerprint density at radius 3 is 2.90 bits per heavy atom. The van der Waals surface area contributed by atoms with Crippen LogP contribution in [0.5, 0.6) is 0 Å². The van der Waals surface area contributed by atoms with Crippen molar-refractivity contribution in [1.82, 2.24) is 4.72 Å². The second-order valence-electron chi connectivity index (χ2n) is 4.82. The summed E-state index contributed by atoms with van der Waals surface area (Å²) in [5.41, 5.74) is 0.348. The lowest BCUT2D eigenvalue weighted by Crippen LogP contribution is -2.43. The summed E-state index contributed by atoms with van der Waals surface area (Å²) < 4.78 is 45.6. The molecule has 1 heterocycles. The Hall–Kier alpha value is -0.690. The fraction of sp³-hybridized carbons (Fsp3) is 0.538. The molecule has 7 heteroatoms. The summed E-state index contributed by atoms with van der Waals surface area (Å²) in [6.07, 6.45) is 0.650. The topological polar surface area (TPSA) is 55.4 Å². The first-order valence-electron chi connectivity index (χ1n) is 6.38. The summed E-state index contributed by atoms with van der Waals surface area (Å²) in [4.78, 5) is 0. The van der Waals surface area contributed by atoms with Crippen LogP contribution >= 0.6 is 11.6 Å². The predicted molar refractivity (Wildman–Crippen MR) is 75.8 cm³/mol. The molecule has 20 heavy (non-hydrogen) atoms. The van der Waals surface area contributed by atoms with Gasteiger partial charge in [-0.05, 0) is 32.0 Å². The summed E-state index contributed by atoms with van der Waals surface area (Å²) in [7, 11) is -2.02. The van der Waals surface area contributed by atoms with E-state index < -0.39 is 21.1 Å². The van der Waals surface area contributed by atoms with Crippen LogP contribution in [0.25, 0.3) is 0 Å². The van der Waals surface area contributed by atoms with Gasteiger partial charge >= 0.3 is 0 Å². The molecule has 2 atom stereocenters. The Kier molecular flexibility index (Phi) is 5.01. The molecule has 0 radical (unpaired) electrons. The molecule has 1 aliphatic heterocycles. The number of hydrogen-bond acceptors (Lipinski definition) is 3. The molecule has 0 saturated carbocycles. The van der Waals surface area contributed by atoms with Gasteiger partial charge in [-0.3, -0.25) is 0 Å². The van der Waals surface area contributed by atoms with Crippen LogP contribution in [0, 0.1) is 11.7 Å². The van der Waals surface area contributed by atoms with Gasteiger partial charge < -0.3 is 4.74 Å². The standard InChI is InChI=1S/C13H17ClFNO3S/c1-16-20(17,18)13-5-6-19-8-9(13)7-10-11(14)3-2-4-12(10)15/h2-4,9,13,16H,5-8H2,1H3/t9-,13+/m1/s1. The van der Waals surface area contributed by atoms with E-state index in [-0.39, 0.29) is 18.9 Å². The van der Waals surface area contributed by atoms with Crippen molar-refractivity contribution in [2.45, 2.75) is 18.1 Å². The van der Waals surface area contributed by atoms with Gasteiger partial charge in [0.1, 0.15) is 5.82 Å². The number of rotatable bonds is 4. The Morgan fingerprint density at radius 1 is 1.50 bits per heavy atom. The molecule has 112 valence electrons. The highest BCUT2D eigenvalue weighted by Crippen LogP contribution is 2.29. The van der Waals surface area contributed by atoms with Gasteiger partial charge in [-0.15, -0.1) is 0 Å². The number of hydrogen-bond donors (Lipinski definition) is 1. The van der Waals surface area contributed by atoms with Crippen molar-refractivity contribution in [3.63, 3.8) is 0 Å². The van der Waals surface area contributed by atoms with E-state index in [0.717, 1.165) is 0 Å². The second kappa shape index (κ2) is 6.39. The molecule has 0 aromatic heterocycles.